The van der Waals surface area contributed by atoms with E-state index in [4.69, 9.17) is 0 Å². The highest BCUT2D eigenvalue weighted by molar-refractivity contribution is 6.05. The third-order valence-corrected chi connectivity index (χ3v) is 4.47. The number of benzene rings is 2. The molecular weight excluding hydrogens is 404 g/mol. The van der Waals surface area contributed by atoms with Crippen LogP contribution in [-0.2, 0) is 19.1 Å². The smallest absolute Gasteiger partial charge is 0.325 e. The van der Waals surface area contributed by atoms with E-state index in [1.807, 2.05) is 0 Å². The second-order valence-electron chi connectivity index (χ2n) is 6.60. The molecule has 3 N–H and O–H groups in total. The number of nitrogens with zero attached hydrogens (tertiary/aromatic N) is 1. The van der Waals surface area contributed by atoms with Crippen LogP contribution in [0.1, 0.15) is 33.6 Å². The fourth-order valence-corrected chi connectivity index (χ4v) is 2.78. The Bertz CT molecular complexity index is 1020. The molecule has 2 aromatic carbocycles. The molecule has 0 unspecified atom stereocenters. The molecule has 0 saturated carbocycles. The minimum atomic E-state index is -0.560. The van der Waals surface area contributed by atoms with Gasteiger partial charge in [-0.3, -0.25) is 29.4 Å². The van der Waals surface area contributed by atoms with Crippen LogP contribution in [-0.4, -0.2) is 43.3 Å². The van der Waals surface area contributed by atoms with Gasteiger partial charge in [0.05, 0.1) is 12.8 Å². The zero-order valence-electron chi connectivity index (χ0n) is 16.6. The molecule has 3 rings (SSSR count). The van der Waals surface area contributed by atoms with E-state index in [1.165, 1.54) is 31.4 Å². The average Bonchev–Trinajstić information content (AvgIpc) is 2.79. The molecule has 2 aromatic rings. The Morgan fingerprint density at radius 3 is 2.19 bits per heavy atom. The van der Waals surface area contributed by atoms with Crippen molar-refractivity contribution in [3.63, 3.8) is 0 Å². The second kappa shape index (κ2) is 9.53. The van der Waals surface area contributed by atoms with Gasteiger partial charge in [-0.2, -0.15) is 0 Å². The fourth-order valence-electron chi connectivity index (χ4n) is 2.78. The lowest BCUT2D eigenvalue weighted by molar-refractivity contribution is -0.139. The van der Waals surface area contributed by atoms with Gasteiger partial charge in [0.15, 0.2) is 0 Å². The number of carbonyl (C=O) groups is 5. The Morgan fingerprint density at radius 2 is 1.55 bits per heavy atom. The molecule has 4 amide bonds. The van der Waals surface area contributed by atoms with Crippen LogP contribution >= 0.6 is 0 Å². The van der Waals surface area contributed by atoms with Gasteiger partial charge in [-0.25, -0.2) is 5.01 Å². The molecule has 31 heavy (non-hydrogen) atoms. The summed E-state index contributed by atoms with van der Waals surface area (Å²) in [7, 11) is 1.23. The highest BCUT2D eigenvalue weighted by Gasteiger charge is 2.24. The van der Waals surface area contributed by atoms with Crippen molar-refractivity contribution in [3.8, 4) is 0 Å². The third-order valence-electron chi connectivity index (χ3n) is 4.47. The summed E-state index contributed by atoms with van der Waals surface area (Å²) in [5, 5.41) is 6.29. The van der Waals surface area contributed by atoms with Crippen molar-refractivity contribution in [3.05, 3.63) is 59.7 Å². The minimum absolute atomic E-state index is 0.130. The Balaban J connectivity index is 1.60. The van der Waals surface area contributed by atoms with Crippen molar-refractivity contribution >= 4 is 41.0 Å². The lowest BCUT2D eigenvalue weighted by Crippen LogP contribution is -2.50. The molecule has 160 valence electrons. The molecule has 1 heterocycles. The molecule has 0 aliphatic carbocycles. The predicted octanol–water partition coefficient (Wildman–Crippen LogP) is 1.000. The maximum Gasteiger partial charge on any atom is 0.325 e. The molecule has 0 spiro atoms. The Labute approximate surface area is 177 Å². The van der Waals surface area contributed by atoms with Crippen molar-refractivity contribution in [2.24, 2.45) is 0 Å². The van der Waals surface area contributed by atoms with Crippen molar-refractivity contribution in [1.29, 1.82) is 0 Å². The number of hydrazine groups is 1. The zero-order valence-corrected chi connectivity index (χ0v) is 16.6. The van der Waals surface area contributed by atoms with Crippen molar-refractivity contribution in [1.82, 2.24) is 10.7 Å². The summed E-state index contributed by atoms with van der Waals surface area (Å²) in [6.45, 7) is -0.240. The van der Waals surface area contributed by atoms with E-state index in [0.717, 1.165) is 5.01 Å². The first-order valence-electron chi connectivity index (χ1n) is 9.36. The van der Waals surface area contributed by atoms with Crippen LogP contribution in [0.2, 0.25) is 0 Å². The quantitative estimate of drug-likeness (QED) is 0.593. The SMILES string of the molecule is COC(=O)CNC(=O)c1ccc(NC(=O)c2ccc(N3NC(=O)CCC3=O)cc2)cc1. The first-order valence-corrected chi connectivity index (χ1v) is 9.36. The number of esters is 1. The lowest BCUT2D eigenvalue weighted by atomic mass is 10.1. The summed E-state index contributed by atoms with van der Waals surface area (Å²) < 4.78 is 4.45. The van der Waals surface area contributed by atoms with Crippen LogP contribution in [0, 0.1) is 0 Å². The molecule has 1 aliphatic heterocycles. The molecule has 0 radical (unpaired) electrons. The van der Waals surface area contributed by atoms with Crippen LogP contribution in [0.4, 0.5) is 11.4 Å². The van der Waals surface area contributed by atoms with E-state index in [-0.39, 0.29) is 37.1 Å². The summed E-state index contributed by atoms with van der Waals surface area (Å²) >= 11 is 0. The van der Waals surface area contributed by atoms with E-state index in [1.54, 1.807) is 24.3 Å². The van der Waals surface area contributed by atoms with Gasteiger partial charge in [-0.1, -0.05) is 0 Å². The van der Waals surface area contributed by atoms with Gasteiger partial charge in [0.25, 0.3) is 11.8 Å². The van der Waals surface area contributed by atoms with Gasteiger partial charge >= 0.3 is 5.97 Å². The normalized spacial score (nSPS) is 13.3. The van der Waals surface area contributed by atoms with Gasteiger partial charge in [-0.05, 0) is 48.5 Å². The molecule has 10 heteroatoms. The van der Waals surface area contributed by atoms with Crippen LogP contribution in [0.3, 0.4) is 0 Å². The van der Waals surface area contributed by atoms with Crippen molar-refractivity contribution < 1.29 is 28.7 Å². The van der Waals surface area contributed by atoms with E-state index in [9.17, 15) is 24.0 Å². The first kappa shape index (κ1) is 21.5. The molecule has 1 fully saturated rings. The van der Waals surface area contributed by atoms with Gasteiger partial charge in [0.2, 0.25) is 11.8 Å². The molecular formula is C21H20N4O6. The van der Waals surface area contributed by atoms with E-state index < -0.39 is 11.9 Å². The highest BCUT2D eigenvalue weighted by Crippen LogP contribution is 2.19. The third kappa shape index (κ3) is 5.44. The van der Waals surface area contributed by atoms with Gasteiger partial charge in [0.1, 0.15) is 6.54 Å². The van der Waals surface area contributed by atoms with Gasteiger partial charge in [-0.15, -0.1) is 0 Å². The number of ether oxygens (including phenoxy) is 1. The Hall–Kier alpha value is -4.21. The van der Waals surface area contributed by atoms with Crippen LogP contribution in [0.25, 0.3) is 0 Å². The van der Waals surface area contributed by atoms with Gasteiger partial charge in [0, 0.05) is 29.7 Å². The number of nitrogens with one attached hydrogen (secondary N) is 3. The first-order chi connectivity index (χ1) is 14.9. The van der Waals surface area contributed by atoms with Gasteiger partial charge < -0.3 is 15.4 Å². The van der Waals surface area contributed by atoms with Crippen molar-refractivity contribution in [2.75, 3.05) is 24.0 Å². The maximum absolute atomic E-state index is 12.5. The van der Waals surface area contributed by atoms with Crippen molar-refractivity contribution in [2.45, 2.75) is 12.8 Å². The van der Waals surface area contributed by atoms with E-state index in [0.29, 0.717) is 22.5 Å². The maximum atomic E-state index is 12.5. The lowest BCUT2D eigenvalue weighted by Gasteiger charge is -2.27. The summed E-state index contributed by atoms with van der Waals surface area (Å²) in [5.41, 5.74) is 4.08. The van der Waals surface area contributed by atoms with Crippen LogP contribution in [0.15, 0.2) is 48.5 Å². The monoisotopic (exact) mass is 424 g/mol. The molecule has 0 atom stereocenters. The standard InChI is InChI=1S/C21H20N4O6/c1-31-19(28)12-22-20(29)13-2-6-15(7-3-13)23-21(30)14-4-8-16(9-5-14)25-18(27)11-10-17(26)24-25/h2-9H,10-12H2,1H3,(H,22,29)(H,23,30)(H,24,26). The van der Waals surface area contributed by atoms with Crippen LogP contribution < -0.4 is 21.1 Å². The summed E-state index contributed by atoms with van der Waals surface area (Å²) in [5.74, 6) is -1.87. The molecule has 0 aromatic heterocycles. The number of hydrogen-bond donors (Lipinski definition) is 3. The summed E-state index contributed by atoms with van der Waals surface area (Å²) in [6, 6.07) is 12.3. The summed E-state index contributed by atoms with van der Waals surface area (Å²) in [6.07, 6.45) is 0.284. The number of rotatable bonds is 6. The largest absolute Gasteiger partial charge is 0.468 e. The topological polar surface area (TPSA) is 134 Å². The van der Waals surface area contributed by atoms with E-state index >= 15 is 0 Å². The fraction of sp³-hybridized carbons (Fsp3) is 0.190. The average molecular weight is 424 g/mol. The van der Waals surface area contributed by atoms with E-state index in [2.05, 4.69) is 20.8 Å². The molecule has 1 saturated heterocycles. The second-order valence-corrected chi connectivity index (χ2v) is 6.60. The number of hydrogen-bond acceptors (Lipinski definition) is 6. The summed E-state index contributed by atoms with van der Waals surface area (Å²) in [4.78, 5) is 58.9. The molecule has 10 nitrogen and oxygen atoms in total. The Kier molecular flexibility index (Phi) is 6.61. The molecule has 0 bridgehead atoms. The number of carbonyl (C=O) groups excluding carboxylic acids is 5. The minimum Gasteiger partial charge on any atom is -0.468 e. The zero-order chi connectivity index (χ0) is 22.4. The molecule has 1 aliphatic rings. The number of amides is 4. The Morgan fingerprint density at radius 1 is 0.935 bits per heavy atom. The number of methoxy groups -OCH3 is 1. The predicted molar refractivity (Wildman–Crippen MR) is 110 cm³/mol. The highest BCUT2D eigenvalue weighted by atomic mass is 16.5. The van der Waals surface area contributed by atoms with Crippen LogP contribution in [0.5, 0.6) is 0 Å². The number of anilines is 2.